The van der Waals surface area contributed by atoms with E-state index in [9.17, 15) is 14.7 Å². The largest absolute Gasteiger partial charge is 0.497 e. The Hall–Kier alpha value is -3.84. The maximum atomic E-state index is 13.3. The topological polar surface area (TPSA) is 85.3 Å². The predicted molar refractivity (Wildman–Crippen MR) is 130 cm³/mol. The second kappa shape index (κ2) is 10.6. The fourth-order valence-electron chi connectivity index (χ4n) is 4.45. The molecule has 3 aromatic carbocycles. The summed E-state index contributed by atoms with van der Waals surface area (Å²) < 4.78 is 16.2. The van der Waals surface area contributed by atoms with Gasteiger partial charge in [-0.25, -0.2) is 4.79 Å². The van der Waals surface area contributed by atoms with E-state index in [1.807, 2.05) is 78.9 Å². The highest BCUT2D eigenvalue weighted by Crippen LogP contribution is 2.42. The molecule has 0 bridgehead atoms. The van der Waals surface area contributed by atoms with Gasteiger partial charge in [-0.2, -0.15) is 0 Å². The van der Waals surface area contributed by atoms with E-state index in [1.54, 1.807) is 14.2 Å². The first-order valence-electron chi connectivity index (χ1n) is 11.4. The highest BCUT2D eigenvalue weighted by Gasteiger charge is 2.57. The van der Waals surface area contributed by atoms with Crippen molar-refractivity contribution < 1.29 is 28.9 Å². The fourth-order valence-corrected chi connectivity index (χ4v) is 4.45. The molecular weight excluding hydrogens is 446 g/mol. The molecule has 1 heterocycles. The molecule has 3 unspecified atom stereocenters. The summed E-state index contributed by atoms with van der Waals surface area (Å²) in [6.07, 6.45) is -1.000. The molecule has 0 aromatic heterocycles. The van der Waals surface area contributed by atoms with E-state index in [4.69, 9.17) is 14.2 Å². The molecule has 3 atom stereocenters. The molecule has 3 aromatic rings. The number of nitrogens with zero attached hydrogens (tertiary/aromatic N) is 1. The van der Waals surface area contributed by atoms with E-state index in [0.717, 1.165) is 16.7 Å². The van der Waals surface area contributed by atoms with Crippen molar-refractivity contribution in [1.29, 1.82) is 0 Å². The van der Waals surface area contributed by atoms with Gasteiger partial charge in [0.2, 0.25) is 5.91 Å². The van der Waals surface area contributed by atoms with Gasteiger partial charge < -0.3 is 24.2 Å². The number of ether oxygens (including phenoxy) is 3. The van der Waals surface area contributed by atoms with Crippen LogP contribution in [0, 0.1) is 5.92 Å². The van der Waals surface area contributed by atoms with Crippen LogP contribution in [0.5, 0.6) is 11.5 Å². The Balaban J connectivity index is 1.69. The molecule has 1 aliphatic rings. The molecule has 7 heteroatoms. The molecule has 1 N–H and O–H groups in total. The van der Waals surface area contributed by atoms with E-state index in [1.165, 1.54) is 11.8 Å². The number of hydrogen-bond donors (Lipinski definition) is 1. The van der Waals surface area contributed by atoms with Gasteiger partial charge in [-0.05, 0) is 47.9 Å². The number of hydrogen-bond acceptors (Lipinski definition) is 6. The Kier molecular flexibility index (Phi) is 7.36. The molecule has 1 amide bonds. The summed E-state index contributed by atoms with van der Waals surface area (Å²) in [6.45, 7) is 1.60. The first-order valence-corrected chi connectivity index (χ1v) is 11.4. The van der Waals surface area contributed by atoms with Crippen molar-refractivity contribution in [2.24, 2.45) is 5.92 Å². The van der Waals surface area contributed by atoms with Crippen LogP contribution in [0.15, 0.2) is 78.9 Å². The summed E-state index contributed by atoms with van der Waals surface area (Å²) >= 11 is 0. The first kappa shape index (κ1) is 24.3. The monoisotopic (exact) mass is 475 g/mol. The zero-order valence-electron chi connectivity index (χ0n) is 20.0. The van der Waals surface area contributed by atoms with E-state index in [0.29, 0.717) is 11.5 Å². The molecular formula is C28H29NO6. The van der Waals surface area contributed by atoms with Crippen molar-refractivity contribution in [2.45, 2.75) is 31.7 Å². The van der Waals surface area contributed by atoms with Gasteiger partial charge in [0.1, 0.15) is 24.1 Å². The van der Waals surface area contributed by atoms with Crippen LogP contribution in [0.2, 0.25) is 0 Å². The number of aliphatic hydroxyl groups excluding tert-OH is 1. The molecule has 4 rings (SSSR count). The van der Waals surface area contributed by atoms with Gasteiger partial charge in [0.15, 0.2) is 0 Å². The SMILES string of the molecule is COc1ccc(C(c2ccc(OC)cc2)N2C(=O)C(C(C)O)C2C(=O)OCc2ccccc2)cc1. The molecule has 1 saturated heterocycles. The van der Waals surface area contributed by atoms with Crippen molar-refractivity contribution in [3.63, 3.8) is 0 Å². The molecule has 0 saturated carbocycles. The van der Waals surface area contributed by atoms with E-state index >= 15 is 0 Å². The third-order valence-corrected chi connectivity index (χ3v) is 6.31. The molecule has 182 valence electrons. The number of benzene rings is 3. The van der Waals surface area contributed by atoms with Gasteiger partial charge in [-0.1, -0.05) is 54.6 Å². The van der Waals surface area contributed by atoms with Crippen molar-refractivity contribution in [1.82, 2.24) is 4.90 Å². The average Bonchev–Trinajstić information content (AvgIpc) is 2.89. The maximum Gasteiger partial charge on any atom is 0.330 e. The number of likely N-dealkylation sites (tertiary alicyclic amines) is 1. The zero-order valence-corrected chi connectivity index (χ0v) is 20.0. The summed E-state index contributed by atoms with van der Waals surface area (Å²) in [6, 6.07) is 22.5. The lowest BCUT2D eigenvalue weighted by atomic mass is 9.79. The quantitative estimate of drug-likeness (QED) is 0.375. The summed E-state index contributed by atoms with van der Waals surface area (Å²) in [5.74, 6) is -0.377. The van der Waals surface area contributed by atoms with Crippen LogP contribution >= 0.6 is 0 Å². The van der Waals surface area contributed by atoms with Gasteiger partial charge >= 0.3 is 5.97 Å². The Morgan fingerprint density at radius 3 is 1.86 bits per heavy atom. The number of carbonyl (C=O) groups excluding carboxylic acids is 2. The van der Waals surface area contributed by atoms with Crippen LogP contribution < -0.4 is 9.47 Å². The highest BCUT2D eigenvalue weighted by atomic mass is 16.5. The lowest BCUT2D eigenvalue weighted by Gasteiger charge is -2.50. The maximum absolute atomic E-state index is 13.3. The van der Waals surface area contributed by atoms with Gasteiger partial charge in [0.25, 0.3) is 0 Å². The summed E-state index contributed by atoms with van der Waals surface area (Å²) in [7, 11) is 3.17. The van der Waals surface area contributed by atoms with Crippen LogP contribution in [-0.2, 0) is 20.9 Å². The Bertz CT molecular complexity index is 1100. The highest BCUT2D eigenvalue weighted by molar-refractivity contribution is 5.98. The number of aliphatic hydroxyl groups is 1. The standard InChI is InChI=1S/C28H29NO6/c1-18(30)24-26(28(32)35-17-19-7-5-4-6-8-19)29(27(24)31)25(20-9-13-22(33-2)14-10-20)21-11-15-23(34-3)16-12-21/h4-16,18,24-26,30H,17H2,1-3H3. The van der Waals surface area contributed by atoms with E-state index in [-0.39, 0.29) is 12.5 Å². The molecule has 1 fully saturated rings. The molecule has 0 radical (unpaired) electrons. The summed E-state index contributed by atoms with van der Waals surface area (Å²) in [4.78, 5) is 28.1. The lowest BCUT2D eigenvalue weighted by Crippen LogP contribution is -2.68. The molecule has 1 aliphatic heterocycles. The Morgan fingerprint density at radius 1 is 0.886 bits per heavy atom. The van der Waals surface area contributed by atoms with Crippen LogP contribution in [-0.4, -0.2) is 48.2 Å². The summed E-state index contributed by atoms with van der Waals surface area (Å²) in [5.41, 5.74) is 2.44. The Labute approximate surface area is 204 Å². The number of esters is 1. The van der Waals surface area contributed by atoms with Crippen LogP contribution in [0.3, 0.4) is 0 Å². The smallest absolute Gasteiger partial charge is 0.330 e. The second-order valence-corrected chi connectivity index (χ2v) is 8.50. The number of amides is 1. The van der Waals surface area contributed by atoms with Crippen LogP contribution in [0.4, 0.5) is 0 Å². The zero-order chi connectivity index (χ0) is 24.9. The minimum atomic E-state index is -1.000. The molecule has 0 aliphatic carbocycles. The molecule has 0 spiro atoms. The number of rotatable bonds is 9. The minimum Gasteiger partial charge on any atom is -0.497 e. The molecule has 7 nitrogen and oxygen atoms in total. The average molecular weight is 476 g/mol. The Morgan fingerprint density at radius 2 is 1.40 bits per heavy atom. The summed E-state index contributed by atoms with van der Waals surface area (Å²) in [5, 5.41) is 10.3. The predicted octanol–water partition coefficient (Wildman–Crippen LogP) is 3.74. The fraction of sp³-hybridized carbons (Fsp3) is 0.286. The number of carbonyl (C=O) groups is 2. The normalized spacial score (nSPS) is 18.1. The molecule has 35 heavy (non-hydrogen) atoms. The van der Waals surface area contributed by atoms with Gasteiger partial charge in [0.05, 0.1) is 32.3 Å². The minimum absolute atomic E-state index is 0.0838. The number of β-lactam (4-membered cyclic amide) rings is 1. The van der Waals surface area contributed by atoms with Gasteiger partial charge in [-0.15, -0.1) is 0 Å². The van der Waals surface area contributed by atoms with E-state index < -0.39 is 30.1 Å². The lowest BCUT2D eigenvalue weighted by molar-refractivity contribution is -0.184. The van der Waals surface area contributed by atoms with Gasteiger partial charge in [0, 0.05) is 0 Å². The van der Waals surface area contributed by atoms with Crippen molar-refractivity contribution in [2.75, 3.05) is 14.2 Å². The van der Waals surface area contributed by atoms with Crippen LogP contribution in [0.25, 0.3) is 0 Å². The van der Waals surface area contributed by atoms with Crippen LogP contribution in [0.1, 0.15) is 29.7 Å². The first-order chi connectivity index (χ1) is 16.9. The van der Waals surface area contributed by atoms with Gasteiger partial charge in [-0.3, -0.25) is 4.79 Å². The number of methoxy groups -OCH3 is 2. The third kappa shape index (κ3) is 5.00. The van der Waals surface area contributed by atoms with E-state index in [2.05, 4.69) is 0 Å². The second-order valence-electron chi connectivity index (χ2n) is 8.50. The third-order valence-electron chi connectivity index (χ3n) is 6.31. The van der Waals surface area contributed by atoms with Crippen molar-refractivity contribution in [3.05, 3.63) is 95.6 Å². The van der Waals surface area contributed by atoms with Crippen molar-refractivity contribution in [3.8, 4) is 11.5 Å². The van der Waals surface area contributed by atoms with Crippen molar-refractivity contribution >= 4 is 11.9 Å².